The van der Waals surface area contributed by atoms with E-state index < -0.39 is 29.3 Å². The number of nitrogens with zero attached hydrogens (tertiary/aromatic N) is 2. The monoisotopic (exact) mass is 483 g/mol. The van der Waals surface area contributed by atoms with Gasteiger partial charge in [0.05, 0.1) is 19.2 Å². The van der Waals surface area contributed by atoms with E-state index in [9.17, 15) is 14.9 Å². The first kappa shape index (κ1) is 22.7. The van der Waals surface area contributed by atoms with Crippen LogP contribution in [0.5, 0.6) is 5.75 Å². The van der Waals surface area contributed by atoms with Gasteiger partial charge in [-0.1, -0.05) is 66.2 Å². The van der Waals surface area contributed by atoms with Crippen molar-refractivity contribution in [1.29, 1.82) is 5.26 Å². The molecule has 1 amide bonds. The van der Waals surface area contributed by atoms with Gasteiger partial charge in [-0.05, 0) is 41.5 Å². The number of ketones is 1. The first-order chi connectivity index (χ1) is 16.9. The molecule has 0 aliphatic carbocycles. The molecule has 0 unspecified atom stereocenters. The molecule has 4 atom stereocenters. The van der Waals surface area contributed by atoms with Crippen molar-refractivity contribution in [3.8, 4) is 11.8 Å². The minimum atomic E-state index is -1.70. The fourth-order valence-corrected chi connectivity index (χ4v) is 5.54. The highest BCUT2D eigenvalue weighted by atomic mass is 35.5. The van der Waals surface area contributed by atoms with Crippen molar-refractivity contribution in [3.63, 3.8) is 0 Å². The van der Waals surface area contributed by atoms with Crippen molar-refractivity contribution in [3.05, 3.63) is 101 Å². The Kier molecular flexibility index (Phi) is 5.58. The number of amides is 1. The number of ether oxygens (including phenoxy) is 1. The lowest BCUT2D eigenvalue weighted by Crippen LogP contribution is -2.49. The standard InChI is InChI=1S/C28H22ClN3O3/c1-35-21-7-4-6-19(15-21)26(33)25-24(18-9-12-20(29)13-10-18)28(16-30,27(31)34)23-14-11-17-5-2-3-8-22(17)32(23)25/h2-15,23-25H,1H3,(H2,31,34)/t23-,24+,25+,28+/m1/s1. The molecular weight excluding hydrogens is 462 g/mol. The Labute approximate surface area is 208 Å². The van der Waals surface area contributed by atoms with Gasteiger partial charge in [0.2, 0.25) is 5.91 Å². The Morgan fingerprint density at radius 2 is 1.83 bits per heavy atom. The van der Waals surface area contributed by atoms with Crippen LogP contribution in [0.4, 0.5) is 5.69 Å². The van der Waals surface area contributed by atoms with Gasteiger partial charge in [-0.3, -0.25) is 9.59 Å². The van der Waals surface area contributed by atoms with Crippen LogP contribution in [0, 0.1) is 16.7 Å². The molecule has 1 saturated heterocycles. The maximum atomic E-state index is 14.2. The Morgan fingerprint density at radius 1 is 1.09 bits per heavy atom. The highest BCUT2D eigenvalue weighted by molar-refractivity contribution is 6.30. The second kappa shape index (κ2) is 8.61. The SMILES string of the molecule is COc1cccc(C(=O)[C@@H]2[C@H](c3ccc(Cl)cc3)[C@@](C#N)(C(N)=O)[C@H]3C=Cc4ccccc4N23)c1. The molecule has 0 spiro atoms. The third-order valence-corrected chi connectivity index (χ3v) is 7.24. The van der Waals surface area contributed by atoms with Gasteiger partial charge in [0.25, 0.3) is 0 Å². The van der Waals surface area contributed by atoms with E-state index in [-0.39, 0.29) is 5.78 Å². The number of nitriles is 1. The van der Waals surface area contributed by atoms with Crippen LogP contribution in [-0.2, 0) is 4.79 Å². The van der Waals surface area contributed by atoms with Gasteiger partial charge in [-0.15, -0.1) is 0 Å². The van der Waals surface area contributed by atoms with E-state index in [1.54, 1.807) is 54.6 Å². The number of primary amides is 1. The van der Waals surface area contributed by atoms with E-state index in [4.69, 9.17) is 22.1 Å². The number of carbonyl (C=O) groups is 2. The van der Waals surface area contributed by atoms with E-state index in [0.29, 0.717) is 21.9 Å². The molecule has 2 aliphatic rings. The summed E-state index contributed by atoms with van der Waals surface area (Å²) in [6, 6.07) is 22.0. The Balaban J connectivity index is 1.80. The lowest BCUT2D eigenvalue weighted by molar-refractivity contribution is -0.125. The molecule has 35 heavy (non-hydrogen) atoms. The number of para-hydroxylation sites is 1. The normalized spacial score (nSPS) is 24.3. The van der Waals surface area contributed by atoms with Gasteiger partial charge >= 0.3 is 0 Å². The predicted octanol–water partition coefficient (Wildman–Crippen LogP) is 4.59. The molecule has 0 aromatic heterocycles. The zero-order chi connectivity index (χ0) is 24.7. The van der Waals surface area contributed by atoms with Crippen LogP contribution < -0.4 is 15.4 Å². The number of methoxy groups -OCH3 is 1. The minimum Gasteiger partial charge on any atom is -0.497 e. The third-order valence-electron chi connectivity index (χ3n) is 6.99. The van der Waals surface area contributed by atoms with Crippen LogP contribution in [-0.4, -0.2) is 30.9 Å². The van der Waals surface area contributed by atoms with E-state index in [1.165, 1.54) is 7.11 Å². The van der Waals surface area contributed by atoms with Crippen LogP contribution in [0.2, 0.25) is 5.02 Å². The second-order valence-electron chi connectivity index (χ2n) is 8.69. The fourth-order valence-electron chi connectivity index (χ4n) is 5.42. The smallest absolute Gasteiger partial charge is 0.241 e. The minimum absolute atomic E-state index is 0.239. The lowest BCUT2D eigenvalue weighted by Gasteiger charge is -2.36. The predicted molar refractivity (Wildman–Crippen MR) is 134 cm³/mol. The van der Waals surface area contributed by atoms with Crippen molar-refractivity contribution >= 4 is 35.1 Å². The summed E-state index contributed by atoms with van der Waals surface area (Å²) in [5.74, 6) is -1.33. The maximum absolute atomic E-state index is 14.2. The van der Waals surface area contributed by atoms with E-state index in [1.807, 2.05) is 35.2 Å². The topological polar surface area (TPSA) is 96.4 Å². The van der Waals surface area contributed by atoms with Crippen LogP contribution in [0.3, 0.4) is 0 Å². The molecule has 2 N–H and O–H groups in total. The number of hydrogen-bond acceptors (Lipinski definition) is 5. The first-order valence-corrected chi connectivity index (χ1v) is 11.5. The summed E-state index contributed by atoms with van der Waals surface area (Å²) in [4.78, 5) is 29.3. The zero-order valence-corrected chi connectivity index (χ0v) is 19.6. The molecule has 2 aliphatic heterocycles. The van der Waals surface area contributed by atoms with E-state index in [0.717, 1.165) is 11.3 Å². The molecule has 5 rings (SSSR count). The summed E-state index contributed by atoms with van der Waals surface area (Å²) in [6.45, 7) is 0. The van der Waals surface area contributed by atoms with Gasteiger partial charge in [0.15, 0.2) is 11.2 Å². The molecule has 174 valence electrons. The number of carbonyl (C=O) groups excluding carboxylic acids is 2. The number of fused-ring (bicyclic) bond motifs is 3. The lowest BCUT2D eigenvalue weighted by atomic mass is 9.67. The summed E-state index contributed by atoms with van der Waals surface area (Å²) in [7, 11) is 1.53. The van der Waals surface area contributed by atoms with E-state index >= 15 is 0 Å². The highest BCUT2D eigenvalue weighted by Crippen LogP contribution is 2.55. The van der Waals surface area contributed by atoms with Crippen molar-refractivity contribution < 1.29 is 14.3 Å². The highest BCUT2D eigenvalue weighted by Gasteiger charge is 2.65. The Bertz CT molecular complexity index is 1400. The van der Waals surface area contributed by atoms with Gasteiger partial charge in [0.1, 0.15) is 11.8 Å². The molecule has 6 nitrogen and oxygen atoms in total. The summed E-state index contributed by atoms with van der Waals surface area (Å²) < 4.78 is 5.34. The van der Waals surface area contributed by atoms with Gasteiger partial charge in [-0.25, -0.2) is 0 Å². The molecular formula is C28H22ClN3O3. The van der Waals surface area contributed by atoms with Crippen LogP contribution in [0.25, 0.3) is 6.08 Å². The van der Waals surface area contributed by atoms with Crippen LogP contribution in [0.1, 0.15) is 27.4 Å². The molecule has 0 saturated carbocycles. The number of halogens is 1. The van der Waals surface area contributed by atoms with E-state index in [2.05, 4.69) is 6.07 Å². The molecule has 7 heteroatoms. The van der Waals surface area contributed by atoms with Gasteiger partial charge in [0, 0.05) is 22.2 Å². The first-order valence-electron chi connectivity index (χ1n) is 11.1. The largest absolute Gasteiger partial charge is 0.497 e. The van der Waals surface area contributed by atoms with Gasteiger partial charge < -0.3 is 15.4 Å². The number of rotatable bonds is 5. The third kappa shape index (κ3) is 3.39. The summed E-state index contributed by atoms with van der Waals surface area (Å²) in [5.41, 5.74) is 7.00. The molecule has 1 fully saturated rings. The molecule has 0 bridgehead atoms. The summed E-state index contributed by atoms with van der Waals surface area (Å²) in [5, 5.41) is 11.1. The number of hydrogen-bond donors (Lipinski definition) is 1. The van der Waals surface area contributed by atoms with Crippen molar-refractivity contribution in [2.45, 2.75) is 18.0 Å². The molecule has 0 radical (unpaired) electrons. The average Bonchev–Trinajstić information content (AvgIpc) is 3.20. The average molecular weight is 484 g/mol. The quantitative estimate of drug-likeness (QED) is 0.535. The number of Topliss-reactive ketones (excluding diaryl/α,β-unsaturated/α-hetero) is 1. The summed E-state index contributed by atoms with van der Waals surface area (Å²) >= 11 is 6.14. The molecule has 3 aromatic rings. The van der Waals surface area contributed by atoms with Crippen molar-refractivity contribution in [1.82, 2.24) is 0 Å². The maximum Gasteiger partial charge on any atom is 0.241 e. The Hall–Kier alpha value is -4.08. The van der Waals surface area contributed by atoms with Crippen LogP contribution in [0.15, 0.2) is 78.9 Å². The molecule has 2 heterocycles. The zero-order valence-electron chi connectivity index (χ0n) is 18.9. The Morgan fingerprint density at radius 3 is 2.51 bits per heavy atom. The van der Waals surface area contributed by atoms with Crippen molar-refractivity contribution in [2.75, 3.05) is 12.0 Å². The van der Waals surface area contributed by atoms with Crippen LogP contribution >= 0.6 is 11.6 Å². The second-order valence-corrected chi connectivity index (χ2v) is 9.12. The fraction of sp³-hybridized carbons (Fsp3) is 0.179. The molecule has 3 aromatic carbocycles. The summed E-state index contributed by atoms with van der Waals surface area (Å²) in [6.07, 6.45) is 3.68. The number of nitrogens with two attached hydrogens (primary N) is 1. The number of benzene rings is 3. The van der Waals surface area contributed by atoms with Crippen molar-refractivity contribution in [2.24, 2.45) is 11.1 Å². The number of anilines is 1. The van der Waals surface area contributed by atoms with Gasteiger partial charge in [-0.2, -0.15) is 5.26 Å².